The number of amides is 1. The largest absolute Gasteiger partial charge is 0.416 e. The lowest BCUT2D eigenvalue weighted by atomic mass is 10.1. The number of hydrogen-bond donors (Lipinski definition) is 1. The van der Waals surface area contributed by atoms with E-state index in [-0.39, 0.29) is 11.7 Å². The van der Waals surface area contributed by atoms with Crippen LogP contribution in [-0.4, -0.2) is 31.8 Å². The minimum Gasteiger partial charge on any atom is -0.416 e. The molecular weight excluding hydrogens is 426 g/mol. The van der Waals surface area contributed by atoms with Gasteiger partial charge in [-0.3, -0.25) is 4.79 Å². The van der Waals surface area contributed by atoms with Crippen molar-refractivity contribution in [3.05, 3.63) is 57.2 Å². The van der Waals surface area contributed by atoms with Crippen molar-refractivity contribution in [3.8, 4) is 11.3 Å². The number of anilines is 1. The van der Waals surface area contributed by atoms with Crippen molar-refractivity contribution in [1.29, 1.82) is 0 Å². The third-order valence-electron chi connectivity index (χ3n) is 3.87. The highest BCUT2D eigenvalue weighted by molar-refractivity contribution is 7.99. The zero-order valence-electron chi connectivity index (χ0n) is 15.7. The first-order chi connectivity index (χ1) is 14.0. The molecule has 3 heterocycles. The average molecular weight is 444 g/mol. The van der Waals surface area contributed by atoms with Gasteiger partial charge in [0.2, 0.25) is 11.8 Å². The summed E-state index contributed by atoms with van der Waals surface area (Å²) in [5.41, 5.74) is 3.96. The number of benzene rings is 1. The van der Waals surface area contributed by atoms with E-state index >= 15 is 0 Å². The summed E-state index contributed by atoms with van der Waals surface area (Å²) in [5.74, 6) is 0.479. The second-order valence-electron chi connectivity index (χ2n) is 6.24. The standard InChI is InChI=1S/C19H17N5O2S3/c1-11-3-5-13(6-4-11)15-9-28-18(21-15)22-16(25)10-29-19-24-23-17(26-19)7-14-8-27-12(2)20-14/h3-6,8-9H,7,10H2,1-2H3,(H,21,22,25). The van der Waals surface area contributed by atoms with E-state index in [2.05, 4.69) is 25.5 Å². The highest BCUT2D eigenvalue weighted by Crippen LogP contribution is 2.25. The van der Waals surface area contributed by atoms with E-state index in [9.17, 15) is 4.79 Å². The molecule has 1 amide bonds. The molecule has 1 N–H and O–H groups in total. The van der Waals surface area contributed by atoms with Gasteiger partial charge in [0.25, 0.3) is 5.22 Å². The van der Waals surface area contributed by atoms with Crippen LogP contribution in [0.1, 0.15) is 22.2 Å². The van der Waals surface area contributed by atoms with Crippen LogP contribution >= 0.6 is 34.4 Å². The van der Waals surface area contributed by atoms with E-state index in [4.69, 9.17) is 4.42 Å². The summed E-state index contributed by atoms with van der Waals surface area (Å²) in [4.78, 5) is 21.1. The molecular formula is C19H17N5O2S3. The summed E-state index contributed by atoms with van der Waals surface area (Å²) < 4.78 is 5.58. The minimum atomic E-state index is -0.172. The third kappa shape index (κ3) is 5.28. The number of nitrogens with zero attached hydrogens (tertiary/aromatic N) is 4. The summed E-state index contributed by atoms with van der Waals surface area (Å²) >= 11 is 4.17. The monoisotopic (exact) mass is 443 g/mol. The normalized spacial score (nSPS) is 11.0. The van der Waals surface area contributed by atoms with E-state index in [1.807, 2.05) is 48.9 Å². The van der Waals surface area contributed by atoms with Gasteiger partial charge in [-0.25, -0.2) is 9.97 Å². The van der Waals surface area contributed by atoms with Crippen LogP contribution < -0.4 is 5.32 Å². The van der Waals surface area contributed by atoms with E-state index in [0.29, 0.717) is 22.7 Å². The fraction of sp³-hybridized carbons (Fsp3) is 0.211. The van der Waals surface area contributed by atoms with Crippen molar-refractivity contribution in [2.75, 3.05) is 11.1 Å². The van der Waals surface area contributed by atoms with Crippen LogP contribution in [0, 0.1) is 13.8 Å². The van der Waals surface area contributed by atoms with E-state index in [1.54, 1.807) is 11.3 Å². The molecule has 0 bridgehead atoms. The van der Waals surface area contributed by atoms with Gasteiger partial charge in [-0.05, 0) is 13.8 Å². The Labute approximate surface area is 179 Å². The highest BCUT2D eigenvalue weighted by Gasteiger charge is 2.13. The number of thiazole rings is 2. The van der Waals surface area contributed by atoms with Crippen LogP contribution in [-0.2, 0) is 11.2 Å². The van der Waals surface area contributed by atoms with Crippen molar-refractivity contribution >= 4 is 45.5 Å². The number of carbonyl (C=O) groups is 1. The number of carbonyl (C=O) groups excluding carboxylic acids is 1. The van der Waals surface area contributed by atoms with Crippen LogP contribution in [0.2, 0.25) is 0 Å². The predicted molar refractivity (Wildman–Crippen MR) is 116 cm³/mol. The van der Waals surface area contributed by atoms with Crippen molar-refractivity contribution in [3.63, 3.8) is 0 Å². The molecule has 7 nitrogen and oxygen atoms in total. The maximum absolute atomic E-state index is 12.2. The summed E-state index contributed by atoms with van der Waals surface area (Å²) in [7, 11) is 0. The minimum absolute atomic E-state index is 0.164. The zero-order valence-corrected chi connectivity index (χ0v) is 18.2. The van der Waals surface area contributed by atoms with Gasteiger partial charge in [0.05, 0.1) is 28.6 Å². The van der Waals surface area contributed by atoms with Crippen LogP contribution in [0.4, 0.5) is 5.13 Å². The molecule has 0 aliphatic heterocycles. The van der Waals surface area contributed by atoms with Gasteiger partial charge < -0.3 is 9.73 Å². The number of aryl methyl sites for hydroxylation is 2. The van der Waals surface area contributed by atoms with E-state index in [1.165, 1.54) is 28.7 Å². The summed E-state index contributed by atoms with van der Waals surface area (Å²) in [6, 6.07) is 8.12. The molecule has 10 heteroatoms. The van der Waals surface area contributed by atoms with Crippen molar-refractivity contribution in [2.45, 2.75) is 25.5 Å². The first-order valence-corrected chi connectivity index (χ1v) is 11.5. The Hall–Kier alpha value is -2.56. The third-order valence-corrected chi connectivity index (χ3v) is 6.27. The average Bonchev–Trinajstić information content (AvgIpc) is 3.43. The molecule has 1 aromatic carbocycles. The Kier molecular flexibility index (Phi) is 6.02. The fourth-order valence-corrected chi connectivity index (χ4v) is 4.41. The first-order valence-electron chi connectivity index (χ1n) is 8.74. The second-order valence-corrected chi connectivity index (χ2v) is 9.08. The van der Waals surface area contributed by atoms with Gasteiger partial charge in [0, 0.05) is 16.3 Å². The topological polar surface area (TPSA) is 93.8 Å². The highest BCUT2D eigenvalue weighted by atomic mass is 32.2. The molecule has 3 aromatic heterocycles. The van der Waals surface area contributed by atoms with Crippen LogP contribution in [0.5, 0.6) is 0 Å². The molecule has 0 aliphatic carbocycles. The predicted octanol–water partition coefficient (Wildman–Crippen LogP) is 4.59. The Morgan fingerprint density at radius 3 is 2.69 bits per heavy atom. The Morgan fingerprint density at radius 1 is 1.10 bits per heavy atom. The zero-order chi connectivity index (χ0) is 20.2. The lowest BCUT2D eigenvalue weighted by Crippen LogP contribution is -2.13. The lowest BCUT2D eigenvalue weighted by Gasteiger charge is -2.00. The Bertz CT molecular complexity index is 1120. The molecule has 0 spiro atoms. The van der Waals surface area contributed by atoms with Crippen molar-refractivity contribution in [1.82, 2.24) is 20.2 Å². The number of nitrogens with one attached hydrogen (secondary N) is 1. The van der Waals surface area contributed by atoms with Crippen molar-refractivity contribution < 1.29 is 9.21 Å². The van der Waals surface area contributed by atoms with Gasteiger partial charge in [0.1, 0.15) is 0 Å². The Balaban J connectivity index is 1.29. The molecule has 0 saturated carbocycles. The van der Waals surface area contributed by atoms with E-state index in [0.717, 1.165) is 22.0 Å². The van der Waals surface area contributed by atoms with Crippen LogP contribution in [0.3, 0.4) is 0 Å². The molecule has 0 atom stereocenters. The maximum atomic E-state index is 12.2. The first kappa shape index (κ1) is 19.7. The second kappa shape index (κ2) is 8.85. The smallest absolute Gasteiger partial charge is 0.277 e. The molecule has 0 radical (unpaired) electrons. The molecule has 0 aliphatic rings. The van der Waals surface area contributed by atoms with Gasteiger partial charge in [0.15, 0.2) is 5.13 Å². The molecule has 0 unspecified atom stereocenters. The molecule has 148 valence electrons. The van der Waals surface area contributed by atoms with Crippen molar-refractivity contribution in [2.24, 2.45) is 0 Å². The van der Waals surface area contributed by atoms with Gasteiger partial charge in [-0.2, -0.15) is 0 Å². The number of thioether (sulfide) groups is 1. The van der Waals surface area contributed by atoms with E-state index < -0.39 is 0 Å². The summed E-state index contributed by atoms with van der Waals surface area (Å²) in [6.07, 6.45) is 0.491. The van der Waals surface area contributed by atoms with Gasteiger partial charge in [-0.1, -0.05) is 41.6 Å². The molecule has 0 saturated heterocycles. The molecule has 4 aromatic rings. The summed E-state index contributed by atoms with van der Waals surface area (Å²) in [5, 5.41) is 16.6. The molecule has 4 rings (SSSR count). The van der Waals surface area contributed by atoms with Gasteiger partial charge >= 0.3 is 0 Å². The number of rotatable bonds is 7. The van der Waals surface area contributed by atoms with Crippen LogP contribution in [0.25, 0.3) is 11.3 Å². The molecule has 29 heavy (non-hydrogen) atoms. The maximum Gasteiger partial charge on any atom is 0.277 e. The summed E-state index contributed by atoms with van der Waals surface area (Å²) in [6.45, 7) is 3.99. The van der Waals surface area contributed by atoms with Crippen LogP contribution in [0.15, 0.2) is 44.7 Å². The lowest BCUT2D eigenvalue weighted by molar-refractivity contribution is -0.113. The molecule has 0 fully saturated rings. The number of hydrogen-bond acceptors (Lipinski definition) is 9. The quantitative estimate of drug-likeness (QED) is 0.418. The number of aromatic nitrogens is 4. The fourth-order valence-electron chi connectivity index (χ4n) is 2.48. The SMILES string of the molecule is Cc1ccc(-c2csc(NC(=O)CSc3nnc(Cc4csc(C)n4)o3)n2)cc1. The van der Waals surface area contributed by atoms with Gasteiger partial charge in [-0.15, -0.1) is 32.9 Å². The Morgan fingerprint density at radius 2 is 1.93 bits per heavy atom.